The van der Waals surface area contributed by atoms with E-state index in [0.29, 0.717) is 11.3 Å². The Balaban J connectivity index is 1.57. The first-order chi connectivity index (χ1) is 19.2. The first-order valence-corrected chi connectivity index (χ1v) is 12.4. The first kappa shape index (κ1) is 29.3. The number of benzene rings is 2. The molecule has 216 valence electrons. The zero-order chi connectivity index (χ0) is 29.9. The minimum absolute atomic E-state index is 0.0569. The zero-order valence-corrected chi connectivity index (χ0v) is 22.3. The van der Waals surface area contributed by atoms with Crippen molar-refractivity contribution < 1.29 is 36.7 Å². The molecule has 2 heterocycles. The van der Waals surface area contributed by atoms with Gasteiger partial charge in [-0.2, -0.15) is 0 Å². The predicted octanol–water partition coefficient (Wildman–Crippen LogP) is 3.80. The van der Waals surface area contributed by atoms with Crippen molar-refractivity contribution in [2.24, 2.45) is 0 Å². The molecule has 0 unspecified atom stereocenters. The number of pyridine rings is 1. The van der Waals surface area contributed by atoms with E-state index in [9.17, 15) is 31.9 Å². The van der Waals surface area contributed by atoms with Crippen LogP contribution in [0.2, 0.25) is 0 Å². The second-order valence-corrected chi connectivity index (χ2v) is 9.92. The highest BCUT2D eigenvalue weighted by atomic mass is 19.4. The van der Waals surface area contributed by atoms with Crippen LogP contribution in [0.15, 0.2) is 66.9 Å². The Morgan fingerprint density at radius 1 is 1.05 bits per heavy atom. The Bertz CT molecular complexity index is 1430. The monoisotopic (exact) mass is 573 g/mol. The number of anilines is 2. The van der Waals surface area contributed by atoms with E-state index in [-0.39, 0.29) is 24.5 Å². The number of ether oxygens (including phenoxy) is 1. The lowest BCUT2D eigenvalue weighted by Gasteiger charge is -2.30. The highest BCUT2D eigenvalue weighted by Gasteiger charge is 2.38. The quantitative estimate of drug-likeness (QED) is 0.417. The SMILES string of the molecule is CN1C(=O)[C@H](NC(=O)C(C)(C)NC(=O)c2ccccn2)CN(Cc2ccc(OC(F)(F)F)cc2)c2ccc(F)cc21. The largest absolute Gasteiger partial charge is 0.573 e. The summed E-state index contributed by atoms with van der Waals surface area (Å²) in [5, 5.41) is 5.30. The minimum Gasteiger partial charge on any atom is -0.406 e. The van der Waals surface area contributed by atoms with Crippen LogP contribution in [-0.2, 0) is 16.1 Å². The number of hydrogen-bond donors (Lipinski definition) is 2. The summed E-state index contributed by atoms with van der Waals surface area (Å²) in [7, 11) is 1.44. The van der Waals surface area contributed by atoms with Gasteiger partial charge in [0.15, 0.2) is 0 Å². The number of carbonyl (C=O) groups excluding carboxylic acids is 3. The summed E-state index contributed by atoms with van der Waals surface area (Å²) in [6.45, 7) is 3.00. The van der Waals surface area contributed by atoms with Crippen LogP contribution in [0, 0.1) is 5.82 Å². The van der Waals surface area contributed by atoms with E-state index in [1.165, 1.54) is 68.4 Å². The highest BCUT2D eigenvalue weighted by Crippen LogP contribution is 2.34. The molecule has 1 aliphatic rings. The van der Waals surface area contributed by atoms with Crippen LogP contribution in [0.25, 0.3) is 0 Å². The molecular formula is C28H27F4N5O4. The normalized spacial score (nSPS) is 15.6. The van der Waals surface area contributed by atoms with Gasteiger partial charge in [-0.05, 0) is 61.9 Å². The van der Waals surface area contributed by atoms with Gasteiger partial charge in [-0.1, -0.05) is 18.2 Å². The van der Waals surface area contributed by atoms with Crippen molar-refractivity contribution in [3.63, 3.8) is 0 Å². The van der Waals surface area contributed by atoms with Gasteiger partial charge in [-0.25, -0.2) is 4.39 Å². The maximum atomic E-state index is 14.2. The van der Waals surface area contributed by atoms with Gasteiger partial charge in [0.25, 0.3) is 11.8 Å². The van der Waals surface area contributed by atoms with E-state index in [2.05, 4.69) is 20.4 Å². The molecule has 2 N–H and O–H groups in total. The number of hydrogen-bond acceptors (Lipinski definition) is 6. The molecular weight excluding hydrogens is 546 g/mol. The second kappa shape index (κ2) is 11.4. The van der Waals surface area contributed by atoms with Crippen LogP contribution in [0.1, 0.15) is 29.9 Å². The van der Waals surface area contributed by atoms with Gasteiger partial charge in [-0.3, -0.25) is 19.4 Å². The van der Waals surface area contributed by atoms with Crippen LogP contribution >= 0.6 is 0 Å². The van der Waals surface area contributed by atoms with Gasteiger partial charge < -0.3 is 25.2 Å². The van der Waals surface area contributed by atoms with Crippen molar-refractivity contribution in [1.29, 1.82) is 0 Å². The second-order valence-electron chi connectivity index (χ2n) is 9.92. The minimum atomic E-state index is -4.84. The van der Waals surface area contributed by atoms with E-state index in [1.807, 2.05) is 0 Å². The third-order valence-corrected chi connectivity index (χ3v) is 6.40. The summed E-state index contributed by atoms with van der Waals surface area (Å²) in [6, 6.07) is 12.7. The number of fused-ring (bicyclic) bond motifs is 1. The van der Waals surface area contributed by atoms with Gasteiger partial charge in [-0.15, -0.1) is 13.2 Å². The fraction of sp³-hybridized carbons (Fsp3) is 0.286. The molecule has 1 aromatic heterocycles. The van der Waals surface area contributed by atoms with Crippen molar-refractivity contribution in [2.45, 2.75) is 38.3 Å². The molecule has 3 amide bonds. The van der Waals surface area contributed by atoms with E-state index in [1.54, 1.807) is 17.0 Å². The predicted molar refractivity (Wildman–Crippen MR) is 142 cm³/mol. The molecule has 41 heavy (non-hydrogen) atoms. The molecule has 0 aliphatic carbocycles. The maximum absolute atomic E-state index is 14.2. The highest BCUT2D eigenvalue weighted by molar-refractivity contribution is 6.04. The lowest BCUT2D eigenvalue weighted by Crippen LogP contribution is -2.60. The molecule has 3 aromatic rings. The third-order valence-electron chi connectivity index (χ3n) is 6.40. The summed E-state index contributed by atoms with van der Waals surface area (Å²) in [4.78, 5) is 46.3. The average molecular weight is 574 g/mol. The lowest BCUT2D eigenvalue weighted by molar-refractivity contribution is -0.274. The maximum Gasteiger partial charge on any atom is 0.573 e. The van der Waals surface area contributed by atoms with Crippen LogP contribution in [-0.4, -0.2) is 54.2 Å². The Kier molecular flexibility index (Phi) is 8.17. The molecule has 0 saturated heterocycles. The number of rotatable bonds is 7. The summed E-state index contributed by atoms with van der Waals surface area (Å²) < 4.78 is 55.8. The number of alkyl halides is 3. The average Bonchev–Trinajstić information content (AvgIpc) is 3.00. The molecule has 4 rings (SSSR count). The number of halogens is 4. The lowest BCUT2D eigenvalue weighted by atomic mass is 10.0. The standard InChI is InChI=1S/C28H27F4N5O4/c1-27(2,35-24(38)20-6-4-5-13-33-20)26(40)34-21-16-37(15-17-7-10-19(11-8-17)41-28(30,31)32)22-12-9-18(29)14-23(22)36(3)25(21)39/h4-14,21H,15-16H2,1-3H3,(H,34,40)(H,35,38)/t21-/m1/s1. The van der Waals surface area contributed by atoms with Crippen molar-refractivity contribution in [2.75, 3.05) is 23.4 Å². The topological polar surface area (TPSA) is 104 Å². The van der Waals surface area contributed by atoms with E-state index in [4.69, 9.17) is 0 Å². The zero-order valence-electron chi connectivity index (χ0n) is 22.3. The number of carbonyl (C=O) groups is 3. The van der Waals surface area contributed by atoms with Gasteiger partial charge in [0, 0.05) is 26.3 Å². The van der Waals surface area contributed by atoms with Crippen LogP contribution < -0.4 is 25.2 Å². The van der Waals surface area contributed by atoms with Gasteiger partial charge in [0.2, 0.25) is 5.91 Å². The molecule has 13 heteroatoms. The fourth-order valence-electron chi connectivity index (χ4n) is 4.30. The first-order valence-electron chi connectivity index (χ1n) is 12.4. The molecule has 0 radical (unpaired) electrons. The van der Waals surface area contributed by atoms with E-state index in [0.717, 1.165) is 12.1 Å². The van der Waals surface area contributed by atoms with E-state index >= 15 is 0 Å². The summed E-state index contributed by atoms with van der Waals surface area (Å²) in [5.41, 5.74) is -0.0599. The number of aromatic nitrogens is 1. The molecule has 0 bridgehead atoms. The van der Waals surface area contributed by atoms with Crippen molar-refractivity contribution in [1.82, 2.24) is 15.6 Å². The molecule has 0 fully saturated rings. The Labute approximate surface area is 233 Å². The number of likely N-dealkylation sites (N-methyl/N-ethyl adjacent to an activating group) is 1. The van der Waals surface area contributed by atoms with Crippen molar-refractivity contribution >= 4 is 29.1 Å². The fourth-order valence-corrected chi connectivity index (χ4v) is 4.30. The van der Waals surface area contributed by atoms with Gasteiger partial charge in [0.1, 0.15) is 28.8 Å². The van der Waals surface area contributed by atoms with Crippen LogP contribution in [0.4, 0.5) is 28.9 Å². The molecule has 0 saturated carbocycles. The van der Waals surface area contributed by atoms with Crippen LogP contribution in [0.5, 0.6) is 5.75 Å². The summed E-state index contributed by atoms with van der Waals surface area (Å²) in [5.74, 6) is -2.75. The smallest absolute Gasteiger partial charge is 0.406 e. The Morgan fingerprint density at radius 3 is 2.39 bits per heavy atom. The van der Waals surface area contributed by atoms with E-state index < -0.39 is 47.2 Å². The molecule has 2 aromatic carbocycles. The molecule has 0 spiro atoms. The van der Waals surface area contributed by atoms with Crippen LogP contribution in [0.3, 0.4) is 0 Å². The van der Waals surface area contributed by atoms with Crippen molar-refractivity contribution in [3.05, 3.63) is 83.9 Å². The Hall–Kier alpha value is -4.68. The van der Waals surface area contributed by atoms with Gasteiger partial charge in [0.05, 0.1) is 11.4 Å². The van der Waals surface area contributed by atoms with Crippen molar-refractivity contribution in [3.8, 4) is 5.75 Å². The van der Waals surface area contributed by atoms with Gasteiger partial charge >= 0.3 is 6.36 Å². The number of amides is 3. The number of nitrogens with one attached hydrogen (secondary N) is 2. The molecule has 9 nitrogen and oxygen atoms in total. The molecule has 1 atom stereocenters. The Morgan fingerprint density at radius 2 is 1.76 bits per heavy atom. The summed E-state index contributed by atoms with van der Waals surface area (Å²) >= 11 is 0. The number of nitrogens with zero attached hydrogens (tertiary/aromatic N) is 3. The molecule has 1 aliphatic heterocycles. The summed E-state index contributed by atoms with van der Waals surface area (Å²) in [6.07, 6.45) is -3.40. The third kappa shape index (κ3) is 7.10.